The number of benzene rings is 1. The fraction of sp³-hybridized carbons (Fsp3) is 0.190. The number of nitrogens with one attached hydrogen (secondary N) is 1. The zero-order valence-corrected chi connectivity index (χ0v) is 17.5. The molecule has 0 saturated heterocycles. The molecule has 0 unspecified atom stereocenters. The monoisotopic (exact) mass is 426 g/mol. The van der Waals surface area contributed by atoms with E-state index in [9.17, 15) is 4.79 Å². The van der Waals surface area contributed by atoms with Crippen LogP contribution in [0.25, 0.3) is 5.65 Å². The number of aryl methyl sites for hydroxylation is 2. The van der Waals surface area contributed by atoms with Crippen LogP contribution in [-0.2, 0) is 12.3 Å². The van der Waals surface area contributed by atoms with Crippen molar-refractivity contribution >= 4 is 34.9 Å². The quantitative estimate of drug-likeness (QED) is 0.448. The molecule has 4 aromatic rings. The minimum Gasteiger partial charge on any atom is -0.361 e. The van der Waals surface area contributed by atoms with E-state index in [0.29, 0.717) is 22.9 Å². The van der Waals surface area contributed by atoms with Gasteiger partial charge in [0.2, 0.25) is 0 Å². The molecule has 8 heteroatoms. The number of pyridine rings is 1. The number of nitrogens with zero attached hydrogens (tertiary/aromatic N) is 3. The van der Waals surface area contributed by atoms with Crippen LogP contribution in [-0.4, -0.2) is 20.4 Å². The van der Waals surface area contributed by atoms with Gasteiger partial charge in [0.15, 0.2) is 0 Å². The summed E-state index contributed by atoms with van der Waals surface area (Å²) in [6, 6.07) is 11.2. The molecule has 6 nitrogen and oxygen atoms in total. The average molecular weight is 427 g/mol. The summed E-state index contributed by atoms with van der Waals surface area (Å²) in [6.07, 6.45) is 3.65. The number of hydrogen-bond donors (Lipinski definition) is 1. The van der Waals surface area contributed by atoms with Gasteiger partial charge in [0.05, 0.1) is 28.5 Å². The molecular formula is C21H19ClN4O2S. The van der Waals surface area contributed by atoms with Crippen molar-refractivity contribution in [2.45, 2.75) is 31.0 Å². The molecule has 0 aliphatic carbocycles. The van der Waals surface area contributed by atoms with Gasteiger partial charge >= 0.3 is 0 Å². The molecule has 1 amide bonds. The van der Waals surface area contributed by atoms with Crippen molar-refractivity contribution in [3.8, 4) is 0 Å². The van der Waals surface area contributed by atoms with Crippen molar-refractivity contribution in [2.75, 3.05) is 0 Å². The van der Waals surface area contributed by atoms with Crippen LogP contribution in [0.2, 0.25) is 5.02 Å². The molecule has 0 radical (unpaired) electrons. The predicted octanol–water partition coefficient (Wildman–Crippen LogP) is 4.81. The number of imidazole rings is 1. The Hall–Kier alpha value is -2.77. The second-order valence-corrected chi connectivity index (χ2v) is 8.07. The Morgan fingerprint density at radius 1 is 1.21 bits per heavy atom. The van der Waals surface area contributed by atoms with Crippen molar-refractivity contribution in [3.63, 3.8) is 0 Å². The van der Waals surface area contributed by atoms with Crippen LogP contribution in [0.5, 0.6) is 0 Å². The molecular weight excluding hydrogens is 408 g/mol. The standard InChI is InChI=1S/C21H19ClN4O2S/c1-13-18(14(2)28-25-13)12-29-19-6-4-3-5-17(19)21(27)23-9-16-11-26-10-15(22)7-8-20(26)24-16/h3-8,10-11H,9,12H2,1-2H3,(H,23,27). The molecule has 0 spiro atoms. The highest BCUT2D eigenvalue weighted by atomic mass is 35.5. The second kappa shape index (κ2) is 8.31. The molecule has 0 fully saturated rings. The Morgan fingerprint density at radius 2 is 2.03 bits per heavy atom. The van der Waals surface area contributed by atoms with Crippen LogP contribution in [0, 0.1) is 13.8 Å². The molecule has 0 bridgehead atoms. The number of carbonyl (C=O) groups is 1. The van der Waals surface area contributed by atoms with Gasteiger partial charge in [-0.1, -0.05) is 28.9 Å². The van der Waals surface area contributed by atoms with Crippen LogP contribution >= 0.6 is 23.4 Å². The summed E-state index contributed by atoms with van der Waals surface area (Å²) < 4.78 is 7.07. The molecule has 0 aliphatic heterocycles. The Labute approximate surface area is 177 Å². The van der Waals surface area contributed by atoms with Crippen LogP contribution in [0.15, 0.2) is 58.2 Å². The second-order valence-electron chi connectivity index (χ2n) is 6.62. The maximum absolute atomic E-state index is 12.8. The minimum absolute atomic E-state index is 0.137. The lowest BCUT2D eigenvalue weighted by Gasteiger charge is -2.09. The van der Waals surface area contributed by atoms with Gasteiger partial charge < -0.3 is 14.2 Å². The molecule has 0 saturated carbocycles. The fourth-order valence-electron chi connectivity index (χ4n) is 3.01. The number of aromatic nitrogens is 3. The molecule has 3 aromatic heterocycles. The summed E-state index contributed by atoms with van der Waals surface area (Å²) in [6.45, 7) is 4.16. The topological polar surface area (TPSA) is 72.4 Å². The van der Waals surface area contributed by atoms with E-state index in [1.165, 1.54) is 0 Å². The Balaban J connectivity index is 1.45. The first kappa shape index (κ1) is 19.5. The van der Waals surface area contributed by atoms with E-state index in [-0.39, 0.29) is 5.91 Å². The van der Waals surface area contributed by atoms with E-state index in [2.05, 4.69) is 15.5 Å². The highest BCUT2D eigenvalue weighted by Crippen LogP contribution is 2.28. The molecule has 1 aromatic carbocycles. The first-order valence-electron chi connectivity index (χ1n) is 9.06. The van der Waals surface area contributed by atoms with Gasteiger partial charge in [-0.15, -0.1) is 11.8 Å². The van der Waals surface area contributed by atoms with E-state index in [1.54, 1.807) is 24.0 Å². The van der Waals surface area contributed by atoms with E-state index in [0.717, 1.165) is 33.3 Å². The van der Waals surface area contributed by atoms with Crippen molar-refractivity contribution in [1.29, 1.82) is 0 Å². The number of rotatable bonds is 6. The number of thioether (sulfide) groups is 1. The minimum atomic E-state index is -0.137. The Bertz CT molecular complexity index is 1170. The summed E-state index contributed by atoms with van der Waals surface area (Å²) in [5.41, 5.74) is 4.13. The van der Waals surface area contributed by atoms with Crippen LogP contribution < -0.4 is 5.32 Å². The van der Waals surface area contributed by atoms with Gasteiger partial charge in [-0.25, -0.2) is 4.98 Å². The Kier molecular flexibility index (Phi) is 5.60. The SMILES string of the molecule is Cc1noc(C)c1CSc1ccccc1C(=O)NCc1cn2cc(Cl)ccc2n1. The van der Waals surface area contributed by atoms with Crippen LogP contribution in [0.3, 0.4) is 0 Å². The van der Waals surface area contributed by atoms with Crippen LogP contribution in [0.1, 0.15) is 33.1 Å². The number of halogens is 1. The summed E-state index contributed by atoms with van der Waals surface area (Å²) in [5.74, 6) is 1.37. The zero-order valence-electron chi connectivity index (χ0n) is 16.0. The van der Waals surface area contributed by atoms with Crippen molar-refractivity contribution in [1.82, 2.24) is 19.9 Å². The normalized spacial score (nSPS) is 11.1. The molecule has 29 heavy (non-hydrogen) atoms. The number of amides is 1. The van der Waals surface area contributed by atoms with E-state index in [1.807, 2.05) is 54.8 Å². The maximum atomic E-state index is 12.8. The first-order chi connectivity index (χ1) is 14.0. The summed E-state index contributed by atoms with van der Waals surface area (Å²) >= 11 is 7.60. The van der Waals surface area contributed by atoms with Crippen molar-refractivity contribution in [2.24, 2.45) is 0 Å². The van der Waals surface area contributed by atoms with Gasteiger partial charge in [0.1, 0.15) is 11.4 Å². The van der Waals surface area contributed by atoms with E-state index in [4.69, 9.17) is 16.1 Å². The van der Waals surface area contributed by atoms with E-state index < -0.39 is 0 Å². The van der Waals surface area contributed by atoms with Crippen molar-refractivity contribution < 1.29 is 9.32 Å². The molecule has 1 N–H and O–H groups in total. The number of fused-ring (bicyclic) bond motifs is 1. The van der Waals surface area contributed by atoms with Gasteiger partial charge in [0, 0.05) is 28.6 Å². The van der Waals surface area contributed by atoms with Gasteiger partial charge in [-0.05, 0) is 38.1 Å². The van der Waals surface area contributed by atoms with Gasteiger partial charge in [-0.3, -0.25) is 4.79 Å². The summed E-state index contributed by atoms with van der Waals surface area (Å²) in [7, 11) is 0. The fourth-order valence-corrected chi connectivity index (χ4v) is 4.38. The molecule has 0 aliphatic rings. The Morgan fingerprint density at radius 3 is 2.83 bits per heavy atom. The van der Waals surface area contributed by atoms with E-state index >= 15 is 0 Å². The smallest absolute Gasteiger partial charge is 0.252 e. The van der Waals surface area contributed by atoms with Crippen LogP contribution in [0.4, 0.5) is 0 Å². The van der Waals surface area contributed by atoms with Crippen molar-refractivity contribution in [3.05, 3.63) is 82.1 Å². The highest BCUT2D eigenvalue weighted by Gasteiger charge is 2.15. The average Bonchev–Trinajstić information content (AvgIpc) is 3.26. The molecule has 0 atom stereocenters. The summed E-state index contributed by atoms with van der Waals surface area (Å²) in [4.78, 5) is 18.2. The lowest BCUT2D eigenvalue weighted by atomic mass is 10.2. The third-order valence-electron chi connectivity index (χ3n) is 4.58. The molecule has 148 valence electrons. The third-order valence-corrected chi connectivity index (χ3v) is 5.90. The highest BCUT2D eigenvalue weighted by molar-refractivity contribution is 7.98. The summed E-state index contributed by atoms with van der Waals surface area (Å²) in [5, 5.41) is 7.58. The lowest BCUT2D eigenvalue weighted by Crippen LogP contribution is -2.23. The first-order valence-corrected chi connectivity index (χ1v) is 10.4. The predicted molar refractivity (Wildman–Crippen MR) is 113 cm³/mol. The van der Waals surface area contributed by atoms with Gasteiger partial charge in [-0.2, -0.15) is 0 Å². The third kappa shape index (κ3) is 4.31. The number of carbonyl (C=O) groups excluding carboxylic acids is 1. The maximum Gasteiger partial charge on any atom is 0.252 e. The lowest BCUT2D eigenvalue weighted by molar-refractivity contribution is 0.0947. The molecule has 3 heterocycles. The largest absolute Gasteiger partial charge is 0.361 e. The molecule has 4 rings (SSSR count). The number of hydrogen-bond acceptors (Lipinski definition) is 5. The van der Waals surface area contributed by atoms with Gasteiger partial charge in [0.25, 0.3) is 5.91 Å². The zero-order chi connectivity index (χ0) is 20.4.